The number of carbonyl (C=O) groups excluding carboxylic acids is 1. The number of ether oxygens (including phenoxy) is 3. The Morgan fingerprint density at radius 2 is 1.66 bits per heavy atom. The van der Waals surface area contributed by atoms with Crippen LogP contribution < -0.4 is 14.2 Å². The molecule has 0 saturated carbocycles. The number of hydrogen-bond acceptors (Lipinski definition) is 5. The average Bonchev–Trinajstić information content (AvgIpc) is 2.74. The predicted molar refractivity (Wildman–Crippen MR) is 108 cm³/mol. The molecule has 29 heavy (non-hydrogen) atoms. The Morgan fingerprint density at radius 3 is 2.31 bits per heavy atom. The van der Waals surface area contributed by atoms with E-state index in [2.05, 4.69) is 4.90 Å². The summed E-state index contributed by atoms with van der Waals surface area (Å²) < 4.78 is 29.8. The SMILES string of the molecule is CCOc1ccc(C(=O)N2CCN(Cc3cc(F)ccc3OC)CC2)cc1OC. The van der Waals surface area contributed by atoms with E-state index in [0.29, 0.717) is 62.1 Å². The van der Waals surface area contributed by atoms with Gasteiger partial charge in [0.2, 0.25) is 0 Å². The standard InChI is InChI=1S/C22H27FN2O4/c1-4-29-20-7-5-16(14-21(20)28-3)22(26)25-11-9-24(10-12-25)15-17-13-18(23)6-8-19(17)27-2/h5-8,13-14H,4,9-12,15H2,1-3H3. The van der Waals surface area contributed by atoms with E-state index in [1.54, 1.807) is 38.5 Å². The molecule has 0 spiro atoms. The van der Waals surface area contributed by atoms with Gasteiger partial charge in [-0.15, -0.1) is 0 Å². The molecule has 2 aromatic carbocycles. The van der Waals surface area contributed by atoms with E-state index in [0.717, 1.165) is 5.56 Å². The fourth-order valence-electron chi connectivity index (χ4n) is 3.48. The maximum atomic E-state index is 13.6. The zero-order valence-electron chi connectivity index (χ0n) is 17.1. The molecular weight excluding hydrogens is 375 g/mol. The first-order valence-corrected chi connectivity index (χ1v) is 9.70. The van der Waals surface area contributed by atoms with Crippen LogP contribution in [-0.2, 0) is 6.54 Å². The summed E-state index contributed by atoms with van der Waals surface area (Å²) in [5, 5.41) is 0. The van der Waals surface area contributed by atoms with Gasteiger partial charge in [0.1, 0.15) is 11.6 Å². The van der Waals surface area contributed by atoms with Crippen LogP contribution in [0.2, 0.25) is 0 Å². The van der Waals surface area contributed by atoms with Crippen LogP contribution in [0, 0.1) is 5.82 Å². The number of rotatable bonds is 7. The Bertz CT molecular complexity index is 851. The van der Waals surface area contributed by atoms with Gasteiger partial charge in [-0.3, -0.25) is 9.69 Å². The van der Waals surface area contributed by atoms with Crippen LogP contribution in [0.1, 0.15) is 22.8 Å². The Labute approximate surface area is 170 Å². The molecule has 1 amide bonds. The number of hydrogen-bond donors (Lipinski definition) is 0. The number of benzene rings is 2. The van der Waals surface area contributed by atoms with E-state index in [9.17, 15) is 9.18 Å². The normalized spacial score (nSPS) is 14.6. The maximum Gasteiger partial charge on any atom is 0.254 e. The van der Waals surface area contributed by atoms with Crippen molar-refractivity contribution in [3.05, 3.63) is 53.3 Å². The first kappa shape index (κ1) is 20.9. The zero-order chi connectivity index (χ0) is 20.8. The summed E-state index contributed by atoms with van der Waals surface area (Å²) in [4.78, 5) is 16.9. The summed E-state index contributed by atoms with van der Waals surface area (Å²) in [6.07, 6.45) is 0. The summed E-state index contributed by atoms with van der Waals surface area (Å²) in [5.41, 5.74) is 1.38. The number of amides is 1. The maximum absolute atomic E-state index is 13.6. The third-order valence-corrected chi connectivity index (χ3v) is 5.01. The van der Waals surface area contributed by atoms with Crippen LogP contribution in [0.4, 0.5) is 4.39 Å². The van der Waals surface area contributed by atoms with Crippen LogP contribution in [0.25, 0.3) is 0 Å². The molecule has 0 aromatic heterocycles. The zero-order valence-corrected chi connectivity index (χ0v) is 17.1. The minimum absolute atomic E-state index is 0.0330. The van der Waals surface area contributed by atoms with Crippen molar-refractivity contribution in [2.75, 3.05) is 47.0 Å². The Balaban J connectivity index is 1.62. The van der Waals surface area contributed by atoms with Gasteiger partial charge in [0.05, 0.1) is 20.8 Å². The van der Waals surface area contributed by atoms with Crippen molar-refractivity contribution in [1.29, 1.82) is 0 Å². The molecule has 3 rings (SSSR count). The van der Waals surface area contributed by atoms with Gasteiger partial charge in [-0.1, -0.05) is 0 Å². The van der Waals surface area contributed by atoms with Crippen molar-refractivity contribution in [3.63, 3.8) is 0 Å². The third-order valence-electron chi connectivity index (χ3n) is 5.01. The molecular formula is C22H27FN2O4. The molecule has 156 valence electrons. The lowest BCUT2D eigenvalue weighted by molar-refractivity contribution is 0.0627. The molecule has 0 aliphatic carbocycles. The van der Waals surface area contributed by atoms with Gasteiger partial charge in [0.25, 0.3) is 5.91 Å². The lowest BCUT2D eigenvalue weighted by atomic mass is 10.1. The first-order chi connectivity index (χ1) is 14.0. The second-order valence-electron chi connectivity index (χ2n) is 6.82. The monoisotopic (exact) mass is 402 g/mol. The van der Waals surface area contributed by atoms with E-state index < -0.39 is 0 Å². The molecule has 0 N–H and O–H groups in total. The summed E-state index contributed by atoms with van der Waals surface area (Å²) >= 11 is 0. The van der Waals surface area contributed by atoms with E-state index in [-0.39, 0.29) is 11.7 Å². The van der Waals surface area contributed by atoms with E-state index in [4.69, 9.17) is 14.2 Å². The van der Waals surface area contributed by atoms with Crippen molar-refractivity contribution in [2.45, 2.75) is 13.5 Å². The molecule has 7 heteroatoms. The van der Waals surface area contributed by atoms with Crippen LogP contribution in [0.5, 0.6) is 17.2 Å². The summed E-state index contributed by atoms with van der Waals surface area (Å²) in [6, 6.07) is 9.79. The molecule has 0 unspecified atom stereocenters. The summed E-state index contributed by atoms with van der Waals surface area (Å²) in [6.45, 7) is 5.64. The highest BCUT2D eigenvalue weighted by Gasteiger charge is 2.24. The second-order valence-corrected chi connectivity index (χ2v) is 6.82. The van der Waals surface area contributed by atoms with Gasteiger partial charge in [-0.05, 0) is 43.3 Å². The van der Waals surface area contributed by atoms with Crippen LogP contribution >= 0.6 is 0 Å². The van der Waals surface area contributed by atoms with Gasteiger partial charge in [0.15, 0.2) is 11.5 Å². The first-order valence-electron chi connectivity index (χ1n) is 9.70. The van der Waals surface area contributed by atoms with E-state index in [1.807, 2.05) is 11.8 Å². The van der Waals surface area contributed by atoms with Gasteiger partial charge >= 0.3 is 0 Å². The third kappa shape index (κ3) is 4.98. The number of piperazine rings is 1. The topological polar surface area (TPSA) is 51.2 Å². The average molecular weight is 402 g/mol. The number of nitrogens with zero attached hydrogens (tertiary/aromatic N) is 2. The van der Waals surface area contributed by atoms with Gasteiger partial charge < -0.3 is 19.1 Å². The number of carbonyl (C=O) groups is 1. The predicted octanol–water partition coefficient (Wildman–Crippen LogP) is 3.20. The van der Waals surface area contributed by atoms with Crippen molar-refractivity contribution < 1.29 is 23.4 Å². The van der Waals surface area contributed by atoms with Crippen molar-refractivity contribution in [3.8, 4) is 17.2 Å². The van der Waals surface area contributed by atoms with Crippen LogP contribution in [0.15, 0.2) is 36.4 Å². The number of halogens is 1. The Hall–Kier alpha value is -2.80. The van der Waals surface area contributed by atoms with Gasteiger partial charge in [-0.2, -0.15) is 0 Å². The molecule has 0 bridgehead atoms. The lowest BCUT2D eigenvalue weighted by Gasteiger charge is -2.35. The summed E-state index contributed by atoms with van der Waals surface area (Å²) in [5.74, 6) is 1.54. The number of methoxy groups -OCH3 is 2. The van der Waals surface area contributed by atoms with Crippen molar-refractivity contribution in [2.24, 2.45) is 0 Å². The molecule has 2 aromatic rings. The molecule has 1 aliphatic rings. The van der Waals surface area contributed by atoms with Crippen molar-refractivity contribution in [1.82, 2.24) is 9.80 Å². The fourth-order valence-corrected chi connectivity index (χ4v) is 3.48. The second kappa shape index (κ2) is 9.60. The fraction of sp³-hybridized carbons (Fsp3) is 0.409. The highest BCUT2D eigenvalue weighted by atomic mass is 19.1. The van der Waals surface area contributed by atoms with E-state index >= 15 is 0 Å². The largest absolute Gasteiger partial charge is 0.496 e. The van der Waals surface area contributed by atoms with Gasteiger partial charge in [0, 0.05) is 43.9 Å². The van der Waals surface area contributed by atoms with Gasteiger partial charge in [-0.25, -0.2) is 4.39 Å². The highest BCUT2D eigenvalue weighted by Crippen LogP contribution is 2.29. The molecule has 1 saturated heterocycles. The molecule has 1 heterocycles. The Morgan fingerprint density at radius 1 is 0.966 bits per heavy atom. The Kier molecular flexibility index (Phi) is 6.93. The molecule has 0 atom stereocenters. The lowest BCUT2D eigenvalue weighted by Crippen LogP contribution is -2.48. The minimum atomic E-state index is -0.279. The molecule has 1 aliphatic heterocycles. The minimum Gasteiger partial charge on any atom is -0.496 e. The van der Waals surface area contributed by atoms with Crippen LogP contribution in [-0.4, -0.2) is 62.7 Å². The van der Waals surface area contributed by atoms with Crippen LogP contribution in [0.3, 0.4) is 0 Å². The molecule has 6 nitrogen and oxygen atoms in total. The van der Waals surface area contributed by atoms with E-state index in [1.165, 1.54) is 12.1 Å². The summed E-state index contributed by atoms with van der Waals surface area (Å²) in [7, 11) is 3.14. The highest BCUT2D eigenvalue weighted by molar-refractivity contribution is 5.95. The molecule has 1 fully saturated rings. The van der Waals surface area contributed by atoms with Crippen molar-refractivity contribution >= 4 is 5.91 Å². The quantitative estimate of drug-likeness (QED) is 0.712. The smallest absolute Gasteiger partial charge is 0.254 e. The molecule has 0 radical (unpaired) electrons.